The van der Waals surface area contributed by atoms with Crippen molar-refractivity contribution < 1.29 is 55.0 Å². The lowest BCUT2D eigenvalue weighted by Crippen LogP contribution is -2.60. The molecule has 4 aliphatic rings. The maximum Gasteiger partial charge on any atom is 0.416 e. The van der Waals surface area contributed by atoms with E-state index >= 15 is 0 Å². The molecule has 1 saturated carbocycles. The van der Waals surface area contributed by atoms with Crippen LogP contribution in [-0.4, -0.2) is 38.5 Å². The molecule has 7 nitrogen and oxygen atoms in total. The molecule has 266 valence electrons. The number of halogens is 10. The van der Waals surface area contributed by atoms with E-state index in [4.69, 9.17) is 23.2 Å². The van der Waals surface area contributed by atoms with Crippen LogP contribution in [0.2, 0.25) is 0 Å². The number of anilines is 2. The van der Waals surface area contributed by atoms with Crippen molar-refractivity contribution in [2.24, 2.45) is 17.8 Å². The summed E-state index contributed by atoms with van der Waals surface area (Å²) in [5.41, 5.74) is -4.36. The number of phenolic OH excluding ortho intramolecular Hbond substituents is 1. The van der Waals surface area contributed by atoms with E-state index in [1.807, 2.05) is 0 Å². The van der Waals surface area contributed by atoms with Crippen LogP contribution in [-0.2, 0) is 31.5 Å². The Labute approximate surface area is 301 Å². The van der Waals surface area contributed by atoms with Crippen LogP contribution >= 0.6 is 39.1 Å². The molecular weight excluding hydrogens is 800 g/mol. The van der Waals surface area contributed by atoms with E-state index in [-0.39, 0.29) is 46.3 Å². The van der Waals surface area contributed by atoms with E-state index in [1.165, 1.54) is 24.3 Å². The van der Waals surface area contributed by atoms with Gasteiger partial charge in [-0.1, -0.05) is 27.6 Å². The lowest BCUT2D eigenvalue weighted by atomic mass is 9.56. The van der Waals surface area contributed by atoms with E-state index in [9.17, 15) is 55.0 Å². The number of nitrogens with zero attached hydrogens (tertiary/aromatic N) is 2. The number of carbonyl (C=O) groups excluding carboxylic acids is 4. The Hall–Kier alpha value is -3.95. The summed E-state index contributed by atoms with van der Waals surface area (Å²) in [5.74, 6) is -10.9. The molecule has 17 heteroatoms. The zero-order valence-corrected chi connectivity index (χ0v) is 28.4. The number of fused-ring (bicyclic) bond motifs is 4. The predicted octanol–water partition coefficient (Wildman–Crippen LogP) is 8.10. The molecule has 3 aromatic rings. The topological polar surface area (TPSA) is 95.0 Å². The molecule has 7 rings (SSSR count). The zero-order valence-electron chi connectivity index (χ0n) is 25.3. The average Bonchev–Trinajstić information content (AvgIpc) is 3.39. The highest BCUT2D eigenvalue weighted by molar-refractivity contribution is 9.10. The number of hydrogen-bond donors (Lipinski definition) is 1. The van der Waals surface area contributed by atoms with Crippen molar-refractivity contribution in [2.75, 3.05) is 9.80 Å². The second-order valence-corrected chi connectivity index (χ2v) is 14.9. The number of alkyl halides is 8. The number of amides is 4. The van der Waals surface area contributed by atoms with Gasteiger partial charge in [0.15, 0.2) is 9.75 Å². The van der Waals surface area contributed by atoms with Crippen molar-refractivity contribution >= 4 is 74.1 Å². The zero-order chi connectivity index (χ0) is 37.2. The number of imide groups is 2. The third-order valence-electron chi connectivity index (χ3n) is 10.0. The Morgan fingerprint density at radius 3 is 1.96 bits per heavy atom. The second kappa shape index (κ2) is 11.5. The maximum atomic E-state index is 14.4. The summed E-state index contributed by atoms with van der Waals surface area (Å²) in [6, 6.07) is 8.79. The smallest absolute Gasteiger partial charge is 0.416 e. The van der Waals surface area contributed by atoms with Crippen LogP contribution in [0.3, 0.4) is 0 Å². The fraction of sp³-hybridized carbons (Fsp3) is 0.294. The van der Waals surface area contributed by atoms with Gasteiger partial charge in [-0.2, -0.15) is 26.3 Å². The Balaban J connectivity index is 1.39. The molecule has 51 heavy (non-hydrogen) atoms. The molecule has 1 N–H and O–H groups in total. The van der Waals surface area contributed by atoms with Crippen molar-refractivity contribution in [1.29, 1.82) is 0 Å². The molecule has 2 aliphatic carbocycles. The van der Waals surface area contributed by atoms with E-state index in [0.29, 0.717) is 9.37 Å². The fourth-order valence-electron chi connectivity index (χ4n) is 7.82. The van der Waals surface area contributed by atoms with Gasteiger partial charge in [-0.3, -0.25) is 19.2 Å². The van der Waals surface area contributed by atoms with Crippen LogP contribution in [0.5, 0.6) is 5.75 Å². The van der Waals surface area contributed by atoms with Gasteiger partial charge in [0.25, 0.3) is 11.8 Å². The van der Waals surface area contributed by atoms with Crippen LogP contribution < -0.4 is 9.80 Å². The summed E-state index contributed by atoms with van der Waals surface area (Å²) >= 11 is 17.7. The first-order valence-electron chi connectivity index (χ1n) is 15.1. The van der Waals surface area contributed by atoms with Crippen LogP contribution in [0, 0.1) is 23.6 Å². The summed E-state index contributed by atoms with van der Waals surface area (Å²) in [4.78, 5) is 52.8. The number of phenols is 1. The summed E-state index contributed by atoms with van der Waals surface area (Å²) in [6.07, 6.45) is -9.92. The van der Waals surface area contributed by atoms with Crippen LogP contribution in [0.15, 0.2) is 76.8 Å². The highest BCUT2D eigenvalue weighted by Crippen LogP contribution is 2.66. The predicted molar refractivity (Wildman–Crippen MR) is 171 cm³/mol. The normalized spacial score (nSPS) is 29.3. The van der Waals surface area contributed by atoms with Gasteiger partial charge in [0.05, 0.1) is 34.3 Å². The van der Waals surface area contributed by atoms with Crippen molar-refractivity contribution in [3.05, 3.63) is 99.3 Å². The fourth-order valence-corrected chi connectivity index (χ4v) is 9.13. The summed E-state index contributed by atoms with van der Waals surface area (Å²) in [7, 11) is 0. The highest BCUT2D eigenvalue weighted by atomic mass is 79.9. The van der Waals surface area contributed by atoms with Gasteiger partial charge in [0.1, 0.15) is 11.6 Å². The number of rotatable bonds is 3. The van der Waals surface area contributed by atoms with E-state index < -0.39 is 104 Å². The van der Waals surface area contributed by atoms with Gasteiger partial charge in [-0.15, -0.1) is 23.2 Å². The Bertz CT molecular complexity index is 2060. The average molecular weight is 820 g/mol. The molecule has 6 atom stereocenters. The van der Waals surface area contributed by atoms with Crippen molar-refractivity contribution in [2.45, 2.75) is 40.9 Å². The monoisotopic (exact) mass is 818 g/mol. The van der Waals surface area contributed by atoms with Gasteiger partial charge in [-0.05, 0) is 79.4 Å². The highest BCUT2D eigenvalue weighted by Gasteiger charge is 2.77. The van der Waals surface area contributed by atoms with Gasteiger partial charge in [0.2, 0.25) is 11.8 Å². The minimum absolute atomic E-state index is 0.0118. The third kappa shape index (κ3) is 5.12. The number of hydrogen-bond acceptors (Lipinski definition) is 5. The lowest BCUT2D eigenvalue weighted by molar-refractivity contribution is -0.143. The molecule has 0 spiro atoms. The van der Waals surface area contributed by atoms with Gasteiger partial charge in [0, 0.05) is 16.0 Å². The van der Waals surface area contributed by atoms with E-state index in [1.54, 1.807) is 0 Å². The Kier molecular flexibility index (Phi) is 8.01. The van der Waals surface area contributed by atoms with E-state index in [2.05, 4.69) is 15.9 Å². The van der Waals surface area contributed by atoms with Crippen LogP contribution in [0.25, 0.3) is 0 Å². The van der Waals surface area contributed by atoms with Crippen LogP contribution in [0.1, 0.15) is 35.4 Å². The molecule has 3 aromatic carbocycles. The summed E-state index contributed by atoms with van der Waals surface area (Å²) in [5, 5.41) is 11.1. The number of aromatic hydroxyl groups is 1. The SMILES string of the molecule is O=C1[C@H]2[C@H](CC=C3[C@H]2C[C@@]2(Cl)C(=O)N(c4ccc(F)cc4)C(=O)[C@@]2(Cl)[C@H]3c2cc(Br)ccc2O)C(=O)N1c1cc(C(F)(F)F)cc(C(F)(F)F)c1. The number of carbonyl (C=O) groups is 4. The molecule has 0 bridgehead atoms. The first kappa shape index (κ1) is 35.5. The Morgan fingerprint density at radius 1 is 0.765 bits per heavy atom. The van der Waals surface area contributed by atoms with E-state index in [0.717, 1.165) is 24.3 Å². The summed E-state index contributed by atoms with van der Waals surface area (Å²) < 4.78 is 96.7. The number of benzene rings is 3. The third-order valence-corrected chi connectivity index (χ3v) is 11.9. The molecular formula is C34H20BrCl2F7N2O5. The largest absolute Gasteiger partial charge is 0.508 e. The first-order valence-corrected chi connectivity index (χ1v) is 16.6. The molecule has 0 unspecified atom stereocenters. The maximum absolute atomic E-state index is 14.4. The quantitative estimate of drug-likeness (QED) is 0.125. The second-order valence-electron chi connectivity index (χ2n) is 12.7. The minimum Gasteiger partial charge on any atom is -0.508 e. The first-order chi connectivity index (χ1) is 23.7. The van der Waals surface area contributed by atoms with Crippen molar-refractivity contribution in [3.63, 3.8) is 0 Å². The van der Waals surface area contributed by atoms with Gasteiger partial charge >= 0.3 is 12.4 Å². The molecule has 3 fully saturated rings. The lowest BCUT2D eigenvalue weighted by Gasteiger charge is -2.50. The molecule has 0 radical (unpaired) electrons. The molecule has 4 amide bonds. The summed E-state index contributed by atoms with van der Waals surface area (Å²) in [6.45, 7) is 0. The minimum atomic E-state index is -5.27. The van der Waals surface area contributed by atoms with Crippen LogP contribution in [0.4, 0.5) is 42.1 Å². The Morgan fingerprint density at radius 2 is 1.37 bits per heavy atom. The van der Waals surface area contributed by atoms with Gasteiger partial charge in [-0.25, -0.2) is 14.2 Å². The van der Waals surface area contributed by atoms with Gasteiger partial charge < -0.3 is 5.11 Å². The molecule has 2 heterocycles. The molecule has 2 aliphatic heterocycles. The number of allylic oxidation sites excluding steroid dienone is 2. The molecule has 2 saturated heterocycles. The van der Waals surface area contributed by atoms with Crippen molar-refractivity contribution in [3.8, 4) is 5.75 Å². The molecule has 0 aromatic heterocycles. The van der Waals surface area contributed by atoms with Crippen molar-refractivity contribution in [1.82, 2.24) is 0 Å². The standard InChI is InChI=1S/C34H20BrCl2F7N2O5/c35-16-1-8-24(47)22(12-16)26-20-6-7-21-25(28(49)45(27(21)48)19-10-14(33(39,40)41)9-15(11-19)34(42,43)44)23(20)13-31(36)29(50)46(30(51)32(26,31)37)18-4-2-17(38)3-5-18/h1-6,8-12,21,23,25-26,47H,7,13H2/t21-,23+,25-,26+,31+,32-/m0/s1.